The summed E-state index contributed by atoms with van der Waals surface area (Å²) in [5.41, 5.74) is 13.3. The van der Waals surface area contributed by atoms with Crippen LogP contribution in [0.3, 0.4) is 0 Å². The van der Waals surface area contributed by atoms with Crippen LogP contribution >= 0.6 is 0 Å². The zero-order valence-corrected chi connectivity index (χ0v) is 22.0. The zero-order valence-electron chi connectivity index (χ0n) is 22.0. The Morgan fingerprint density at radius 3 is 2.59 bits per heavy atom. The van der Waals surface area contributed by atoms with E-state index in [0.29, 0.717) is 18.6 Å². The van der Waals surface area contributed by atoms with Crippen LogP contribution in [0, 0.1) is 5.82 Å². The number of aromatic amines is 3. The molecular weight excluding hydrogens is 493 g/mol. The maximum absolute atomic E-state index is 12.7. The van der Waals surface area contributed by atoms with E-state index in [9.17, 15) is 9.18 Å². The van der Waals surface area contributed by atoms with Crippen molar-refractivity contribution in [2.24, 2.45) is 5.73 Å². The molecule has 1 unspecified atom stereocenters. The number of H-pyrrole nitrogens is 3. The number of para-hydroxylation sites is 1. The number of benzene rings is 2. The largest absolute Gasteiger partial charge is 0.384 e. The van der Waals surface area contributed by atoms with Gasteiger partial charge in [0.15, 0.2) is 0 Å². The molecule has 3 heterocycles. The molecule has 0 spiro atoms. The van der Waals surface area contributed by atoms with E-state index < -0.39 is 6.04 Å². The molecule has 3 aromatic heterocycles. The van der Waals surface area contributed by atoms with E-state index in [1.165, 1.54) is 12.1 Å². The number of allylic oxidation sites excluding steroid dienone is 1. The Hall–Kier alpha value is -4.53. The van der Waals surface area contributed by atoms with Gasteiger partial charge < -0.3 is 25.4 Å². The van der Waals surface area contributed by atoms with Gasteiger partial charge in [0, 0.05) is 35.1 Å². The molecular formula is C31H32FN5O2. The third kappa shape index (κ3) is 6.31. The van der Waals surface area contributed by atoms with E-state index in [1.807, 2.05) is 49.4 Å². The molecule has 5 N–H and O–H groups in total. The summed E-state index contributed by atoms with van der Waals surface area (Å²) in [6.07, 6.45) is 9.76. The number of fused-ring (bicyclic) bond motifs is 1. The van der Waals surface area contributed by atoms with Crippen LogP contribution in [0.2, 0.25) is 0 Å². The van der Waals surface area contributed by atoms with Gasteiger partial charge in [0.1, 0.15) is 5.82 Å². The van der Waals surface area contributed by atoms with E-state index in [4.69, 9.17) is 10.5 Å². The predicted molar refractivity (Wildman–Crippen MR) is 156 cm³/mol. The zero-order chi connectivity index (χ0) is 27.8. The molecule has 0 bridgehead atoms. The molecule has 5 aromatic rings. The normalized spacial score (nSPS) is 11.9. The minimum Gasteiger partial charge on any atom is -0.384 e. The van der Waals surface area contributed by atoms with E-state index in [2.05, 4.69) is 26.5 Å². The van der Waals surface area contributed by atoms with Gasteiger partial charge in [-0.1, -0.05) is 36.9 Å². The molecule has 0 saturated heterocycles. The highest BCUT2D eigenvalue weighted by Gasteiger charge is 2.22. The highest BCUT2D eigenvalue weighted by molar-refractivity contribution is 5.79. The number of hydrogen-bond acceptors (Lipinski definition) is 4. The quantitative estimate of drug-likeness (QED) is 0.199. The monoisotopic (exact) mass is 525 g/mol. The Balaban J connectivity index is 0.000000243. The maximum atomic E-state index is 12.7. The van der Waals surface area contributed by atoms with Crippen molar-refractivity contribution in [3.63, 3.8) is 0 Å². The lowest BCUT2D eigenvalue weighted by molar-refractivity contribution is 0.202. The SMILES string of the molecule is C=Cc1[nH]c(C(N)c2cc3ccccc3[nH]c2=O)c(CCOC)c1/C=C\C.Fc1ccc(-c2cnc[nH]2)cc1. The number of aromatic nitrogens is 4. The summed E-state index contributed by atoms with van der Waals surface area (Å²) in [6, 6.07) is 15.2. The van der Waals surface area contributed by atoms with Crippen molar-refractivity contribution in [2.75, 3.05) is 13.7 Å². The molecule has 2 aromatic carbocycles. The Bertz CT molecular complexity index is 1620. The van der Waals surface area contributed by atoms with Crippen molar-refractivity contribution in [3.8, 4) is 11.3 Å². The van der Waals surface area contributed by atoms with Crippen molar-refractivity contribution in [3.05, 3.63) is 124 Å². The fourth-order valence-corrected chi connectivity index (χ4v) is 4.45. The van der Waals surface area contributed by atoms with Crippen molar-refractivity contribution in [1.29, 1.82) is 0 Å². The second-order valence-corrected chi connectivity index (χ2v) is 8.88. The number of rotatable bonds is 8. The maximum Gasteiger partial charge on any atom is 0.253 e. The molecule has 200 valence electrons. The van der Waals surface area contributed by atoms with Gasteiger partial charge in [0.05, 0.1) is 30.9 Å². The minimum absolute atomic E-state index is 0.179. The van der Waals surface area contributed by atoms with Gasteiger partial charge >= 0.3 is 0 Å². The average molecular weight is 526 g/mol. The fourth-order valence-electron chi connectivity index (χ4n) is 4.45. The van der Waals surface area contributed by atoms with Crippen LogP contribution in [0.15, 0.2) is 84.6 Å². The molecule has 7 nitrogen and oxygen atoms in total. The Morgan fingerprint density at radius 1 is 1.15 bits per heavy atom. The average Bonchev–Trinajstić information content (AvgIpc) is 3.61. The number of imidazole rings is 1. The molecule has 5 rings (SSSR count). The Kier molecular flexibility index (Phi) is 9.04. The first-order valence-electron chi connectivity index (χ1n) is 12.6. The van der Waals surface area contributed by atoms with Crippen molar-refractivity contribution in [2.45, 2.75) is 19.4 Å². The summed E-state index contributed by atoms with van der Waals surface area (Å²) in [5, 5.41) is 0.949. The molecule has 0 amide bonds. The number of nitrogens with two attached hydrogens (primary N) is 1. The van der Waals surface area contributed by atoms with Crippen LogP contribution in [0.1, 0.15) is 41.0 Å². The van der Waals surface area contributed by atoms with E-state index >= 15 is 0 Å². The smallest absolute Gasteiger partial charge is 0.253 e. The number of hydrogen-bond donors (Lipinski definition) is 4. The minimum atomic E-state index is -0.581. The lowest BCUT2D eigenvalue weighted by Crippen LogP contribution is -2.24. The van der Waals surface area contributed by atoms with Crippen LogP contribution in [-0.2, 0) is 11.2 Å². The topological polar surface area (TPSA) is 113 Å². The molecule has 0 fully saturated rings. The predicted octanol–water partition coefficient (Wildman–Crippen LogP) is 5.99. The van der Waals surface area contributed by atoms with Crippen LogP contribution < -0.4 is 11.3 Å². The summed E-state index contributed by atoms with van der Waals surface area (Å²) < 4.78 is 17.8. The number of ether oxygens (including phenoxy) is 1. The summed E-state index contributed by atoms with van der Waals surface area (Å²) in [4.78, 5) is 25.8. The van der Waals surface area contributed by atoms with Gasteiger partial charge in [-0.05, 0) is 72.3 Å². The third-order valence-corrected chi connectivity index (χ3v) is 6.39. The first kappa shape index (κ1) is 27.5. The van der Waals surface area contributed by atoms with Crippen LogP contribution in [0.25, 0.3) is 34.3 Å². The van der Waals surface area contributed by atoms with Crippen molar-refractivity contribution >= 4 is 23.1 Å². The molecule has 0 aliphatic carbocycles. The summed E-state index contributed by atoms with van der Waals surface area (Å²) in [6.45, 7) is 6.42. The lowest BCUT2D eigenvalue weighted by Gasteiger charge is -2.14. The summed E-state index contributed by atoms with van der Waals surface area (Å²) >= 11 is 0. The number of halogens is 1. The highest BCUT2D eigenvalue weighted by atomic mass is 19.1. The molecule has 1 atom stereocenters. The number of nitrogens with zero attached hydrogens (tertiary/aromatic N) is 1. The Labute approximate surface area is 226 Å². The van der Waals surface area contributed by atoms with Crippen LogP contribution in [0.4, 0.5) is 4.39 Å². The molecule has 39 heavy (non-hydrogen) atoms. The van der Waals surface area contributed by atoms with E-state index in [1.54, 1.807) is 37.8 Å². The first-order valence-corrected chi connectivity index (χ1v) is 12.6. The molecule has 0 radical (unpaired) electrons. The van der Waals surface area contributed by atoms with E-state index in [-0.39, 0.29) is 11.4 Å². The van der Waals surface area contributed by atoms with Gasteiger partial charge in [0.25, 0.3) is 5.56 Å². The van der Waals surface area contributed by atoms with Gasteiger partial charge in [0.2, 0.25) is 0 Å². The number of methoxy groups -OCH3 is 1. The molecule has 8 heteroatoms. The van der Waals surface area contributed by atoms with Crippen LogP contribution in [0.5, 0.6) is 0 Å². The van der Waals surface area contributed by atoms with Crippen LogP contribution in [-0.4, -0.2) is 33.7 Å². The second kappa shape index (κ2) is 12.8. The van der Waals surface area contributed by atoms with E-state index in [0.717, 1.165) is 44.7 Å². The highest BCUT2D eigenvalue weighted by Crippen LogP contribution is 2.29. The third-order valence-electron chi connectivity index (χ3n) is 6.39. The summed E-state index contributed by atoms with van der Waals surface area (Å²) in [7, 11) is 1.67. The molecule has 0 aliphatic rings. The lowest BCUT2D eigenvalue weighted by atomic mass is 9.97. The van der Waals surface area contributed by atoms with Gasteiger partial charge in [-0.2, -0.15) is 0 Å². The summed E-state index contributed by atoms with van der Waals surface area (Å²) in [5.74, 6) is -0.224. The second-order valence-electron chi connectivity index (χ2n) is 8.88. The fraction of sp³-hybridized carbons (Fsp3) is 0.161. The van der Waals surface area contributed by atoms with Crippen molar-refractivity contribution in [1.82, 2.24) is 19.9 Å². The van der Waals surface area contributed by atoms with Gasteiger partial charge in [-0.15, -0.1) is 0 Å². The number of nitrogens with one attached hydrogen (secondary N) is 3. The molecule has 0 aliphatic heterocycles. The first-order chi connectivity index (χ1) is 19.0. The number of pyridine rings is 1. The van der Waals surface area contributed by atoms with Gasteiger partial charge in [-0.3, -0.25) is 4.79 Å². The standard InChI is InChI=1S/C22H25N3O2.C9H7FN2/c1-4-8-15-16(11-12-27-3)21(24-18(15)5-2)20(23)17-13-14-9-6-7-10-19(14)25-22(17)26;10-8-3-1-7(2-4-8)9-5-11-6-12-9/h4-10,13,20,24H,2,11-12,23H2,1,3H3,(H,25,26);1-6H,(H,11,12)/b8-4-;. The van der Waals surface area contributed by atoms with Crippen molar-refractivity contribution < 1.29 is 9.13 Å². The Morgan fingerprint density at radius 2 is 1.92 bits per heavy atom. The molecule has 0 saturated carbocycles. The van der Waals surface area contributed by atoms with Gasteiger partial charge in [-0.25, -0.2) is 9.37 Å².